The van der Waals surface area contributed by atoms with Crippen molar-refractivity contribution in [2.24, 2.45) is 11.7 Å². The molecule has 1 saturated heterocycles. The molecule has 2 fully saturated rings. The second kappa shape index (κ2) is 6.23. The number of hydrogen-bond acceptors (Lipinski definition) is 3. The fourth-order valence-electron chi connectivity index (χ4n) is 3.94. The molecule has 3 N–H and O–H groups in total. The van der Waals surface area contributed by atoms with Crippen LogP contribution in [-0.2, 0) is 4.79 Å². The molecule has 0 aromatic rings. The van der Waals surface area contributed by atoms with Crippen molar-refractivity contribution in [2.75, 3.05) is 19.6 Å². The van der Waals surface area contributed by atoms with E-state index in [4.69, 9.17) is 5.73 Å². The maximum atomic E-state index is 11.8. The zero-order valence-corrected chi connectivity index (χ0v) is 12.5. The van der Waals surface area contributed by atoms with Crippen LogP contribution in [0, 0.1) is 5.92 Å². The van der Waals surface area contributed by atoms with Crippen molar-refractivity contribution < 1.29 is 4.79 Å². The van der Waals surface area contributed by atoms with Gasteiger partial charge in [-0.2, -0.15) is 0 Å². The van der Waals surface area contributed by atoms with Gasteiger partial charge in [0.1, 0.15) is 5.54 Å². The summed E-state index contributed by atoms with van der Waals surface area (Å²) in [6.45, 7) is 6.64. The van der Waals surface area contributed by atoms with Crippen molar-refractivity contribution in [3.05, 3.63) is 0 Å². The first kappa shape index (κ1) is 14.8. The summed E-state index contributed by atoms with van der Waals surface area (Å²) in [6.07, 6.45) is 8.07. The largest absolute Gasteiger partial charge is 0.368 e. The Morgan fingerprint density at radius 1 is 1.32 bits per heavy atom. The van der Waals surface area contributed by atoms with Gasteiger partial charge < -0.3 is 11.1 Å². The first-order valence-corrected chi connectivity index (χ1v) is 7.86. The van der Waals surface area contributed by atoms with Crippen LogP contribution in [0.5, 0.6) is 0 Å². The van der Waals surface area contributed by atoms with Crippen LogP contribution in [0.2, 0.25) is 0 Å². The quantitative estimate of drug-likeness (QED) is 0.766. The highest BCUT2D eigenvalue weighted by molar-refractivity contribution is 5.84. The molecule has 1 aliphatic heterocycles. The predicted octanol–water partition coefficient (Wildman–Crippen LogP) is 1.49. The van der Waals surface area contributed by atoms with Crippen LogP contribution in [-0.4, -0.2) is 42.0 Å². The van der Waals surface area contributed by atoms with Gasteiger partial charge in [0, 0.05) is 12.6 Å². The maximum absolute atomic E-state index is 11.8. The SMILES string of the molecule is CCNC(C)(CN1CCCC1C1CCCC1)C(N)=O. The molecule has 0 aromatic heterocycles. The third-order valence-corrected chi connectivity index (χ3v) is 4.99. The van der Waals surface area contributed by atoms with Gasteiger partial charge in [-0.05, 0) is 51.6 Å². The number of amides is 1. The van der Waals surface area contributed by atoms with Gasteiger partial charge >= 0.3 is 0 Å². The molecule has 2 rings (SSSR count). The number of carbonyl (C=O) groups is 1. The molecule has 1 amide bonds. The monoisotopic (exact) mass is 267 g/mol. The van der Waals surface area contributed by atoms with Crippen molar-refractivity contribution in [3.63, 3.8) is 0 Å². The Morgan fingerprint density at radius 3 is 2.58 bits per heavy atom. The molecule has 0 bridgehead atoms. The van der Waals surface area contributed by atoms with E-state index in [1.165, 1.54) is 38.5 Å². The van der Waals surface area contributed by atoms with Gasteiger partial charge in [0.15, 0.2) is 0 Å². The highest BCUT2D eigenvalue weighted by Gasteiger charge is 2.39. The summed E-state index contributed by atoms with van der Waals surface area (Å²) in [5.74, 6) is 0.618. The molecule has 4 nitrogen and oxygen atoms in total. The highest BCUT2D eigenvalue weighted by Crippen LogP contribution is 2.35. The van der Waals surface area contributed by atoms with Crippen LogP contribution in [0.3, 0.4) is 0 Å². The first-order valence-electron chi connectivity index (χ1n) is 7.86. The zero-order valence-electron chi connectivity index (χ0n) is 12.5. The lowest BCUT2D eigenvalue weighted by molar-refractivity contribution is -0.124. The van der Waals surface area contributed by atoms with Gasteiger partial charge in [0.2, 0.25) is 5.91 Å². The Labute approximate surface area is 117 Å². The molecule has 4 heteroatoms. The fraction of sp³-hybridized carbons (Fsp3) is 0.933. The normalized spacial score (nSPS) is 28.6. The second-order valence-corrected chi connectivity index (χ2v) is 6.45. The summed E-state index contributed by atoms with van der Waals surface area (Å²) < 4.78 is 0. The van der Waals surface area contributed by atoms with E-state index in [2.05, 4.69) is 10.2 Å². The van der Waals surface area contributed by atoms with E-state index in [0.717, 1.165) is 25.6 Å². The summed E-state index contributed by atoms with van der Waals surface area (Å²) in [5.41, 5.74) is 5.02. The number of hydrogen-bond donors (Lipinski definition) is 2. The highest BCUT2D eigenvalue weighted by atomic mass is 16.1. The van der Waals surface area contributed by atoms with Gasteiger partial charge in [-0.1, -0.05) is 19.8 Å². The smallest absolute Gasteiger partial charge is 0.238 e. The Balaban J connectivity index is 2.01. The summed E-state index contributed by atoms with van der Waals surface area (Å²) >= 11 is 0. The topological polar surface area (TPSA) is 58.4 Å². The van der Waals surface area contributed by atoms with E-state index >= 15 is 0 Å². The average molecular weight is 267 g/mol. The van der Waals surface area contributed by atoms with Crippen molar-refractivity contribution in [2.45, 2.75) is 64.0 Å². The van der Waals surface area contributed by atoms with Crippen molar-refractivity contribution in [1.29, 1.82) is 0 Å². The van der Waals surface area contributed by atoms with E-state index in [0.29, 0.717) is 6.04 Å². The van der Waals surface area contributed by atoms with E-state index in [1.54, 1.807) is 0 Å². The zero-order chi connectivity index (χ0) is 13.9. The summed E-state index contributed by atoms with van der Waals surface area (Å²) in [4.78, 5) is 14.3. The minimum absolute atomic E-state index is 0.230. The third kappa shape index (κ3) is 3.29. The molecule has 2 aliphatic rings. The van der Waals surface area contributed by atoms with Crippen molar-refractivity contribution >= 4 is 5.91 Å². The van der Waals surface area contributed by atoms with Crippen LogP contribution in [0.4, 0.5) is 0 Å². The Morgan fingerprint density at radius 2 is 2.00 bits per heavy atom. The van der Waals surface area contributed by atoms with Crippen molar-refractivity contribution in [1.82, 2.24) is 10.2 Å². The maximum Gasteiger partial charge on any atom is 0.238 e. The van der Waals surface area contributed by atoms with Gasteiger partial charge in [-0.3, -0.25) is 9.69 Å². The average Bonchev–Trinajstić information content (AvgIpc) is 2.98. The Bertz CT molecular complexity index is 315. The molecular weight excluding hydrogens is 238 g/mol. The number of primary amides is 1. The molecule has 0 aromatic carbocycles. The number of nitrogens with one attached hydrogen (secondary N) is 1. The van der Waals surface area contributed by atoms with Crippen LogP contribution < -0.4 is 11.1 Å². The Hall–Kier alpha value is -0.610. The van der Waals surface area contributed by atoms with E-state index in [9.17, 15) is 4.79 Å². The molecule has 1 saturated carbocycles. The van der Waals surface area contributed by atoms with Crippen LogP contribution in [0.15, 0.2) is 0 Å². The van der Waals surface area contributed by atoms with E-state index in [-0.39, 0.29) is 5.91 Å². The molecule has 110 valence electrons. The minimum Gasteiger partial charge on any atom is -0.368 e. The lowest BCUT2D eigenvalue weighted by Crippen LogP contribution is -2.60. The molecule has 2 atom stereocenters. The Kier molecular flexibility index (Phi) is 4.85. The summed E-state index contributed by atoms with van der Waals surface area (Å²) in [6, 6.07) is 0.680. The molecule has 2 unspecified atom stereocenters. The molecule has 0 spiro atoms. The third-order valence-electron chi connectivity index (χ3n) is 4.99. The number of nitrogens with two attached hydrogens (primary N) is 1. The van der Waals surface area contributed by atoms with E-state index in [1.807, 2.05) is 13.8 Å². The second-order valence-electron chi connectivity index (χ2n) is 6.45. The standard InChI is InChI=1S/C15H29N3O/c1-3-17-15(2,14(16)19)11-18-10-6-9-13(18)12-7-4-5-8-12/h12-13,17H,3-11H2,1-2H3,(H2,16,19). The lowest BCUT2D eigenvalue weighted by atomic mass is 9.94. The van der Waals surface area contributed by atoms with Gasteiger partial charge in [-0.15, -0.1) is 0 Å². The number of rotatable bonds is 6. The number of likely N-dealkylation sites (N-methyl/N-ethyl adjacent to an activating group) is 1. The molecule has 1 aliphatic carbocycles. The number of nitrogens with zero attached hydrogens (tertiary/aromatic N) is 1. The molecule has 19 heavy (non-hydrogen) atoms. The van der Waals surface area contributed by atoms with Gasteiger partial charge in [0.05, 0.1) is 0 Å². The molecule has 0 radical (unpaired) electrons. The number of carbonyl (C=O) groups excluding carboxylic acids is 1. The minimum atomic E-state index is -0.587. The van der Waals surface area contributed by atoms with Crippen LogP contribution in [0.25, 0.3) is 0 Å². The van der Waals surface area contributed by atoms with Crippen LogP contribution >= 0.6 is 0 Å². The summed E-state index contributed by atoms with van der Waals surface area (Å²) in [5, 5.41) is 3.28. The first-order chi connectivity index (χ1) is 9.07. The van der Waals surface area contributed by atoms with Crippen LogP contribution in [0.1, 0.15) is 52.4 Å². The predicted molar refractivity (Wildman–Crippen MR) is 77.8 cm³/mol. The van der Waals surface area contributed by atoms with Crippen molar-refractivity contribution in [3.8, 4) is 0 Å². The fourth-order valence-corrected chi connectivity index (χ4v) is 3.94. The number of likely N-dealkylation sites (tertiary alicyclic amines) is 1. The van der Waals surface area contributed by atoms with Gasteiger partial charge in [0.25, 0.3) is 0 Å². The molecular formula is C15H29N3O. The van der Waals surface area contributed by atoms with E-state index < -0.39 is 5.54 Å². The summed E-state index contributed by atoms with van der Waals surface area (Å²) in [7, 11) is 0. The molecule has 1 heterocycles. The van der Waals surface area contributed by atoms with Gasteiger partial charge in [-0.25, -0.2) is 0 Å². The lowest BCUT2D eigenvalue weighted by Gasteiger charge is -2.36.